The maximum atomic E-state index is 12.7. The zero-order chi connectivity index (χ0) is 19.3. The highest BCUT2D eigenvalue weighted by atomic mass is 32.2. The molecule has 3 aromatic rings. The molecule has 0 aliphatic rings. The van der Waals surface area contributed by atoms with Gasteiger partial charge in [0.05, 0.1) is 36.4 Å². The molecule has 0 fully saturated rings. The Morgan fingerprint density at radius 3 is 2.67 bits per heavy atom. The number of nitrogens with zero attached hydrogens (tertiary/aromatic N) is 1. The van der Waals surface area contributed by atoms with E-state index in [-0.39, 0.29) is 18.0 Å². The Bertz CT molecular complexity index is 1000. The van der Waals surface area contributed by atoms with Crippen molar-refractivity contribution < 1.29 is 17.9 Å². The fourth-order valence-electron chi connectivity index (χ4n) is 2.66. The second-order valence-electron chi connectivity index (χ2n) is 5.93. The first-order valence-corrected chi connectivity index (χ1v) is 9.89. The molecule has 0 saturated carbocycles. The number of sulfonamides is 1. The molecule has 0 radical (unpaired) electrons. The molecular formula is C18H22N4O4S. The number of nitrogen functional groups attached to an aromatic ring is 1. The maximum absolute atomic E-state index is 12.7. The number of aromatic nitrogens is 2. The van der Waals surface area contributed by atoms with Gasteiger partial charge in [-0.2, -0.15) is 5.10 Å². The van der Waals surface area contributed by atoms with Crippen LogP contribution in [0, 0.1) is 0 Å². The fourth-order valence-corrected chi connectivity index (χ4v) is 3.72. The van der Waals surface area contributed by atoms with E-state index in [9.17, 15) is 8.42 Å². The van der Waals surface area contributed by atoms with Gasteiger partial charge in [0.2, 0.25) is 10.0 Å². The average Bonchev–Trinajstić information content (AvgIpc) is 3.13. The summed E-state index contributed by atoms with van der Waals surface area (Å²) in [6.07, 6.45) is 1.68. The summed E-state index contributed by atoms with van der Waals surface area (Å²) in [6, 6.07) is 10.5. The molecule has 0 bridgehead atoms. The van der Waals surface area contributed by atoms with Crippen molar-refractivity contribution in [3.63, 3.8) is 0 Å². The highest BCUT2D eigenvalue weighted by Crippen LogP contribution is 2.31. The Kier molecular flexibility index (Phi) is 6.07. The second kappa shape index (κ2) is 8.49. The summed E-state index contributed by atoms with van der Waals surface area (Å²) < 4.78 is 38.1. The number of nitrogens with one attached hydrogen (secondary N) is 2. The summed E-state index contributed by atoms with van der Waals surface area (Å²) >= 11 is 0. The van der Waals surface area contributed by atoms with E-state index in [4.69, 9.17) is 15.2 Å². The predicted octanol–water partition coefficient (Wildman–Crippen LogP) is 1.75. The predicted molar refractivity (Wildman–Crippen MR) is 104 cm³/mol. The Hall–Kier alpha value is -2.46. The van der Waals surface area contributed by atoms with Gasteiger partial charge in [0.15, 0.2) is 0 Å². The number of aromatic amines is 1. The molecular weight excluding hydrogens is 368 g/mol. The zero-order valence-corrected chi connectivity index (χ0v) is 15.8. The van der Waals surface area contributed by atoms with E-state index >= 15 is 0 Å². The van der Waals surface area contributed by atoms with Gasteiger partial charge in [0.25, 0.3) is 0 Å². The monoisotopic (exact) mass is 390 g/mol. The van der Waals surface area contributed by atoms with E-state index in [1.807, 2.05) is 12.1 Å². The standard InChI is InChI=1S/C18H22N4O4S/c1-25-8-9-26-7-6-21-27(23,24)15-10-16(13-2-4-14(19)5-3-13)17-12-20-22-18(17)11-15/h2-5,10-12,21H,6-9,19H2,1H3,(H,20,22). The molecule has 0 saturated heterocycles. The minimum atomic E-state index is -3.69. The second-order valence-corrected chi connectivity index (χ2v) is 7.69. The molecule has 27 heavy (non-hydrogen) atoms. The number of anilines is 1. The van der Waals surface area contributed by atoms with Crippen LogP contribution in [0.3, 0.4) is 0 Å². The third-order valence-corrected chi connectivity index (χ3v) is 5.47. The number of fused-ring (bicyclic) bond motifs is 1. The van der Waals surface area contributed by atoms with Crippen molar-refractivity contribution in [2.45, 2.75) is 4.90 Å². The molecule has 0 aliphatic carbocycles. The largest absolute Gasteiger partial charge is 0.399 e. The van der Waals surface area contributed by atoms with Crippen LogP contribution in [0.4, 0.5) is 5.69 Å². The Morgan fingerprint density at radius 1 is 1.15 bits per heavy atom. The molecule has 1 heterocycles. The first kappa shape index (κ1) is 19.3. The molecule has 2 aromatic carbocycles. The zero-order valence-electron chi connectivity index (χ0n) is 14.9. The van der Waals surface area contributed by atoms with Crippen LogP contribution in [-0.2, 0) is 19.5 Å². The van der Waals surface area contributed by atoms with E-state index in [0.29, 0.717) is 24.4 Å². The van der Waals surface area contributed by atoms with Crippen LogP contribution in [0.25, 0.3) is 22.0 Å². The van der Waals surface area contributed by atoms with Crippen molar-refractivity contribution in [2.75, 3.05) is 39.2 Å². The Labute approximate surface area is 157 Å². The van der Waals surface area contributed by atoms with Crippen molar-refractivity contribution in [3.8, 4) is 11.1 Å². The Balaban J connectivity index is 1.85. The van der Waals surface area contributed by atoms with Gasteiger partial charge >= 0.3 is 0 Å². The lowest BCUT2D eigenvalue weighted by Gasteiger charge is -2.10. The molecule has 1 aromatic heterocycles. The molecule has 0 unspecified atom stereocenters. The van der Waals surface area contributed by atoms with E-state index in [1.165, 1.54) is 0 Å². The lowest BCUT2D eigenvalue weighted by Crippen LogP contribution is -2.27. The van der Waals surface area contributed by atoms with Crippen molar-refractivity contribution in [1.29, 1.82) is 0 Å². The summed E-state index contributed by atoms with van der Waals surface area (Å²) in [7, 11) is -2.12. The number of ether oxygens (including phenoxy) is 2. The summed E-state index contributed by atoms with van der Waals surface area (Å²) in [6.45, 7) is 1.32. The maximum Gasteiger partial charge on any atom is 0.240 e. The topological polar surface area (TPSA) is 119 Å². The van der Waals surface area contributed by atoms with Crippen LogP contribution in [0.5, 0.6) is 0 Å². The molecule has 0 amide bonds. The van der Waals surface area contributed by atoms with E-state index in [2.05, 4.69) is 14.9 Å². The molecule has 3 rings (SSSR count). The SMILES string of the molecule is COCCOCCNS(=O)(=O)c1cc(-c2ccc(N)cc2)c2cn[nH]c2c1. The molecule has 8 nitrogen and oxygen atoms in total. The van der Waals surface area contributed by atoms with Gasteiger partial charge in [-0.15, -0.1) is 0 Å². The molecule has 0 spiro atoms. The number of H-pyrrole nitrogens is 1. The van der Waals surface area contributed by atoms with Crippen LogP contribution in [0.1, 0.15) is 0 Å². The number of benzene rings is 2. The van der Waals surface area contributed by atoms with Crippen molar-refractivity contribution in [2.24, 2.45) is 0 Å². The van der Waals surface area contributed by atoms with Crippen molar-refractivity contribution >= 4 is 26.6 Å². The van der Waals surface area contributed by atoms with Gasteiger partial charge in [-0.25, -0.2) is 13.1 Å². The fraction of sp³-hybridized carbons (Fsp3) is 0.278. The summed E-state index contributed by atoms with van der Waals surface area (Å²) in [4.78, 5) is 0.156. The number of hydrogen-bond donors (Lipinski definition) is 3. The van der Waals surface area contributed by atoms with Gasteiger partial charge in [-0.1, -0.05) is 12.1 Å². The Morgan fingerprint density at radius 2 is 1.93 bits per heavy atom. The minimum Gasteiger partial charge on any atom is -0.399 e. The number of hydrogen-bond acceptors (Lipinski definition) is 6. The van der Waals surface area contributed by atoms with Crippen LogP contribution in [0.2, 0.25) is 0 Å². The summed E-state index contributed by atoms with van der Waals surface area (Å²) in [5, 5.41) is 7.71. The van der Waals surface area contributed by atoms with Crippen LogP contribution in [-0.4, -0.2) is 52.1 Å². The minimum absolute atomic E-state index is 0.156. The van der Waals surface area contributed by atoms with E-state index < -0.39 is 10.0 Å². The first-order chi connectivity index (χ1) is 13.0. The van der Waals surface area contributed by atoms with Gasteiger partial charge < -0.3 is 15.2 Å². The first-order valence-electron chi connectivity index (χ1n) is 8.40. The highest BCUT2D eigenvalue weighted by molar-refractivity contribution is 7.89. The van der Waals surface area contributed by atoms with E-state index in [0.717, 1.165) is 16.5 Å². The van der Waals surface area contributed by atoms with Crippen LogP contribution in [0.15, 0.2) is 47.5 Å². The van der Waals surface area contributed by atoms with Crippen LogP contribution >= 0.6 is 0 Å². The summed E-state index contributed by atoms with van der Waals surface area (Å²) in [5.41, 5.74) is 8.65. The normalized spacial score (nSPS) is 11.9. The van der Waals surface area contributed by atoms with Gasteiger partial charge in [-0.3, -0.25) is 5.10 Å². The van der Waals surface area contributed by atoms with Crippen molar-refractivity contribution in [3.05, 3.63) is 42.6 Å². The smallest absolute Gasteiger partial charge is 0.240 e. The molecule has 144 valence electrons. The van der Waals surface area contributed by atoms with Gasteiger partial charge in [0, 0.05) is 24.7 Å². The number of rotatable bonds is 9. The third-order valence-electron chi connectivity index (χ3n) is 4.03. The average molecular weight is 390 g/mol. The summed E-state index contributed by atoms with van der Waals surface area (Å²) in [5.74, 6) is 0. The highest BCUT2D eigenvalue weighted by Gasteiger charge is 2.18. The lowest BCUT2D eigenvalue weighted by molar-refractivity contribution is 0.0736. The lowest BCUT2D eigenvalue weighted by atomic mass is 10.0. The quantitative estimate of drug-likeness (QED) is 0.378. The third kappa shape index (κ3) is 4.64. The molecule has 0 atom stereocenters. The molecule has 4 N–H and O–H groups in total. The van der Waals surface area contributed by atoms with E-state index in [1.54, 1.807) is 37.6 Å². The van der Waals surface area contributed by atoms with Crippen molar-refractivity contribution in [1.82, 2.24) is 14.9 Å². The van der Waals surface area contributed by atoms with Crippen LogP contribution < -0.4 is 10.5 Å². The number of nitrogens with two attached hydrogens (primary N) is 1. The van der Waals surface area contributed by atoms with Gasteiger partial charge in [0.1, 0.15) is 0 Å². The molecule has 9 heteroatoms. The van der Waals surface area contributed by atoms with Gasteiger partial charge in [-0.05, 0) is 35.4 Å². The molecule has 0 aliphatic heterocycles. The number of methoxy groups -OCH3 is 1.